The van der Waals surface area contributed by atoms with Gasteiger partial charge in [0.25, 0.3) is 5.56 Å². The first kappa shape index (κ1) is 16.0. The van der Waals surface area contributed by atoms with Gasteiger partial charge in [0.15, 0.2) is 0 Å². The first-order chi connectivity index (χ1) is 10.2. The van der Waals surface area contributed by atoms with Crippen LogP contribution in [0.4, 0.5) is 5.95 Å². The van der Waals surface area contributed by atoms with E-state index in [9.17, 15) is 4.79 Å². The Hall–Kier alpha value is -1.36. The van der Waals surface area contributed by atoms with Gasteiger partial charge in [-0.15, -0.1) is 0 Å². The molecule has 5 heteroatoms. The highest BCUT2D eigenvalue weighted by Gasteiger charge is 2.12. The lowest BCUT2D eigenvalue weighted by Crippen LogP contribution is -2.29. The smallest absolute Gasteiger partial charge is 0.260 e. The van der Waals surface area contributed by atoms with E-state index < -0.39 is 0 Å². The van der Waals surface area contributed by atoms with Crippen molar-refractivity contribution in [3.63, 3.8) is 0 Å². The summed E-state index contributed by atoms with van der Waals surface area (Å²) >= 11 is 3.49. The van der Waals surface area contributed by atoms with Crippen LogP contribution in [0.15, 0.2) is 27.5 Å². The molecule has 21 heavy (non-hydrogen) atoms. The van der Waals surface area contributed by atoms with E-state index in [0.29, 0.717) is 11.3 Å². The summed E-state index contributed by atoms with van der Waals surface area (Å²) in [4.78, 5) is 22.0. The third-order valence-electron chi connectivity index (χ3n) is 3.54. The zero-order valence-corrected chi connectivity index (χ0v) is 14.2. The second-order valence-electron chi connectivity index (χ2n) is 5.22. The number of rotatable bonds is 7. The number of halogens is 1. The van der Waals surface area contributed by atoms with Crippen LogP contribution in [0.25, 0.3) is 10.9 Å². The molecule has 1 aromatic carbocycles. The zero-order chi connectivity index (χ0) is 15.2. The molecule has 2 aromatic rings. The Morgan fingerprint density at radius 2 is 1.86 bits per heavy atom. The maximum absolute atomic E-state index is 12.3. The molecule has 0 aliphatic heterocycles. The molecule has 0 amide bonds. The van der Waals surface area contributed by atoms with E-state index >= 15 is 0 Å². The summed E-state index contributed by atoms with van der Waals surface area (Å²) in [5.74, 6) is 0.682. The number of hydrogen-bond donors (Lipinski definition) is 1. The molecule has 1 aromatic heterocycles. The van der Waals surface area contributed by atoms with Crippen molar-refractivity contribution in [2.45, 2.75) is 39.5 Å². The van der Waals surface area contributed by atoms with Crippen LogP contribution in [0.5, 0.6) is 0 Å². The lowest BCUT2D eigenvalue weighted by Gasteiger charge is -2.23. The van der Waals surface area contributed by atoms with E-state index in [0.717, 1.165) is 48.8 Å². The lowest BCUT2D eigenvalue weighted by atomic mass is 10.2. The van der Waals surface area contributed by atoms with Crippen molar-refractivity contribution in [2.24, 2.45) is 0 Å². The lowest BCUT2D eigenvalue weighted by molar-refractivity contribution is 0.663. The largest absolute Gasteiger partial charge is 0.342 e. The van der Waals surface area contributed by atoms with Gasteiger partial charge in [0.1, 0.15) is 0 Å². The summed E-state index contributed by atoms with van der Waals surface area (Å²) in [6.45, 7) is 6.20. The highest BCUT2D eigenvalue weighted by atomic mass is 79.9. The molecule has 0 atom stereocenters. The number of hydrogen-bond acceptors (Lipinski definition) is 3. The molecule has 1 heterocycles. The van der Waals surface area contributed by atoms with Crippen LogP contribution in [0.1, 0.15) is 39.5 Å². The summed E-state index contributed by atoms with van der Waals surface area (Å²) in [5.41, 5.74) is 0.656. The second-order valence-corrected chi connectivity index (χ2v) is 6.07. The topological polar surface area (TPSA) is 49.0 Å². The van der Waals surface area contributed by atoms with E-state index in [1.807, 2.05) is 12.1 Å². The first-order valence-electron chi connectivity index (χ1n) is 7.60. The van der Waals surface area contributed by atoms with E-state index in [2.05, 4.69) is 44.6 Å². The van der Waals surface area contributed by atoms with Crippen LogP contribution in [0.3, 0.4) is 0 Å². The first-order valence-corrected chi connectivity index (χ1v) is 8.40. The Bertz CT molecular complexity index is 646. The minimum absolute atomic E-state index is 0.0747. The average molecular weight is 352 g/mol. The average Bonchev–Trinajstić information content (AvgIpc) is 2.48. The number of anilines is 1. The van der Waals surface area contributed by atoms with E-state index in [1.165, 1.54) is 0 Å². The van der Waals surface area contributed by atoms with Gasteiger partial charge in [-0.2, -0.15) is 0 Å². The SMILES string of the molecule is CCCCN(CCCC)c1nc2c(Br)cccc2c(=O)[nH]1. The zero-order valence-electron chi connectivity index (χ0n) is 12.7. The molecule has 114 valence electrons. The molecule has 4 nitrogen and oxygen atoms in total. The number of benzene rings is 1. The Morgan fingerprint density at radius 1 is 1.19 bits per heavy atom. The molecular formula is C16H22BrN3O. The molecule has 0 saturated heterocycles. The monoisotopic (exact) mass is 351 g/mol. The minimum Gasteiger partial charge on any atom is -0.342 e. The summed E-state index contributed by atoms with van der Waals surface area (Å²) in [7, 11) is 0. The maximum Gasteiger partial charge on any atom is 0.260 e. The number of fused-ring (bicyclic) bond motifs is 1. The Kier molecular flexibility index (Phi) is 5.79. The Morgan fingerprint density at radius 3 is 2.48 bits per heavy atom. The molecule has 0 fully saturated rings. The minimum atomic E-state index is -0.0747. The number of aromatic nitrogens is 2. The van der Waals surface area contributed by atoms with Crippen LogP contribution in [0, 0.1) is 0 Å². The molecule has 1 N–H and O–H groups in total. The maximum atomic E-state index is 12.3. The van der Waals surface area contributed by atoms with Crippen LogP contribution in [-0.2, 0) is 0 Å². The van der Waals surface area contributed by atoms with Crippen molar-refractivity contribution >= 4 is 32.8 Å². The summed E-state index contributed by atoms with van der Waals surface area (Å²) < 4.78 is 0.860. The summed E-state index contributed by atoms with van der Waals surface area (Å²) in [6, 6.07) is 5.58. The quantitative estimate of drug-likeness (QED) is 0.816. The van der Waals surface area contributed by atoms with Crippen molar-refractivity contribution in [1.29, 1.82) is 0 Å². The molecule has 0 unspecified atom stereocenters. The van der Waals surface area contributed by atoms with Crippen LogP contribution in [0.2, 0.25) is 0 Å². The Balaban J connectivity index is 2.42. The molecule has 0 spiro atoms. The predicted molar refractivity (Wildman–Crippen MR) is 92.1 cm³/mol. The van der Waals surface area contributed by atoms with Crippen molar-refractivity contribution in [3.8, 4) is 0 Å². The number of nitrogens with zero attached hydrogens (tertiary/aromatic N) is 2. The van der Waals surface area contributed by atoms with Gasteiger partial charge in [0.05, 0.1) is 10.9 Å². The van der Waals surface area contributed by atoms with E-state index in [-0.39, 0.29) is 5.56 Å². The molecule has 0 aliphatic rings. The second kappa shape index (κ2) is 7.59. The van der Waals surface area contributed by atoms with Crippen LogP contribution in [-0.4, -0.2) is 23.1 Å². The highest BCUT2D eigenvalue weighted by molar-refractivity contribution is 9.10. The van der Waals surface area contributed by atoms with Crippen LogP contribution < -0.4 is 10.5 Å². The fourth-order valence-corrected chi connectivity index (χ4v) is 2.74. The number of aromatic amines is 1. The van der Waals surface area contributed by atoms with Crippen molar-refractivity contribution in [2.75, 3.05) is 18.0 Å². The predicted octanol–water partition coefficient (Wildman–Crippen LogP) is 4.09. The van der Waals surface area contributed by atoms with Gasteiger partial charge in [-0.05, 0) is 40.9 Å². The van der Waals surface area contributed by atoms with Crippen molar-refractivity contribution in [1.82, 2.24) is 9.97 Å². The fourth-order valence-electron chi connectivity index (χ4n) is 2.29. The molecule has 0 aliphatic carbocycles. The Labute approximate surface area is 133 Å². The standard InChI is InChI=1S/C16H22BrN3O/c1-3-5-10-20(11-6-4-2)16-18-14-12(15(21)19-16)8-7-9-13(14)17/h7-9H,3-6,10-11H2,1-2H3,(H,18,19,21). The van der Waals surface area contributed by atoms with Crippen molar-refractivity contribution < 1.29 is 0 Å². The molecule has 0 bridgehead atoms. The van der Waals surface area contributed by atoms with Crippen molar-refractivity contribution in [3.05, 3.63) is 33.0 Å². The number of H-pyrrole nitrogens is 1. The summed E-state index contributed by atoms with van der Waals surface area (Å²) in [5, 5.41) is 0.624. The van der Waals surface area contributed by atoms with Crippen LogP contribution >= 0.6 is 15.9 Å². The fraction of sp³-hybridized carbons (Fsp3) is 0.500. The van der Waals surface area contributed by atoms with E-state index in [4.69, 9.17) is 0 Å². The van der Waals surface area contributed by atoms with Gasteiger partial charge >= 0.3 is 0 Å². The number of para-hydroxylation sites is 1. The van der Waals surface area contributed by atoms with Gasteiger partial charge in [-0.3, -0.25) is 9.78 Å². The van der Waals surface area contributed by atoms with Gasteiger partial charge in [-0.1, -0.05) is 32.8 Å². The van der Waals surface area contributed by atoms with Gasteiger partial charge < -0.3 is 4.90 Å². The molecule has 0 saturated carbocycles. The van der Waals surface area contributed by atoms with Gasteiger partial charge in [-0.25, -0.2) is 4.98 Å². The van der Waals surface area contributed by atoms with Gasteiger partial charge in [0, 0.05) is 17.6 Å². The number of nitrogens with one attached hydrogen (secondary N) is 1. The normalized spacial score (nSPS) is 11.0. The van der Waals surface area contributed by atoms with E-state index in [1.54, 1.807) is 6.07 Å². The molecule has 0 radical (unpaired) electrons. The summed E-state index contributed by atoms with van der Waals surface area (Å²) in [6.07, 6.45) is 4.46. The highest BCUT2D eigenvalue weighted by Crippen LogP contribution is 2.21. The third kappa shape index (κ3) is 3.84. The third-order valence-corrected chi connectivity index (χ3v) is 4.18. The molecule has 2 rings (SSSR count). The molecular weight excluding hydrogens is 330 g/mol. The van der Waals surface area contributed by atoms with Gasteiger partial charge in [0.2, 0.25) is 5.95 Å². The number of unbranched alkanes of at least 4 members (excludes halogenated alkanes) is 2.